The van der Waals surface area contributed by atoms with E-state index in [9.17, 15) is 9.59 Å². The molecule has 0 spiro atoms. The van der Waals surface area contributed by atoms with Crippen LogP contribution in [-0.2, 0) is 19.1 Å². The molecule has 2 aliphatic rings. The summed E-state index contributed by atoms with van der Waals surface area (Å²) in [5.41, 5.74) is 0.724. The third-order valence-electron chi connectivity index (χ3n) is 3.78. The standard InChI is InChI=1S/C17H20N2O4/c1-17(2)22-15(20)13(16(21)23-17)14(19-10-6-7-11-19)18-12-8-4-3-5-9-12/h3-5,8-9,18H,6-7,10-11H2,1-2H3. The summed E-state index contributed by atoms with van der Waals surface area (Å²) in [6.45, 7) is 4.64. The van der Waals surface area contributed by atoms with Crippen molar-refractivity contribution >= 4 is 17.6 Å². The number of hydrogen-bond donors (Lipinski definition) is 1. The van der Waals surface area contributed by atoms with Crippen molar-refractivity contribution in [3.8, 4) is 0 Å². The Hall–Kier alpha value is -2.50. The maximum atomic E-state index is 12.4. The molecule has 0 saturated carbocycles. The fraction of sp³-hybridized carbons (Fsp3) is 0.412. The minimum Gasteiger partial charge on any atom is -0.419 e. The number of carbonyl (C=O) groups excluding carboxylic acids is 2. The zero-order valence-corrected chi connectivity index (χ0v) is 13.3. The van der Waals surface area contributed by atoms with Crippen LogP contribution in [-0.4, -0.2) is 35.7 Å². The minimum atomic E-state index is -1.24. The Kier molecular flexibility index (Phi) is 3.98. The van der Waals surface area contributed by atoms with Crippen molar-refractivity contribution in [3.05, 3.63) is 41.7 Å². The SMILES string of the molecule is CC1(C)OC(=O)C(=C(Nc2ccccc2)N2CCCC2)C(=O)O1. The van der Waals surface area contributed by atoms with Gasteiger partial charge < -0.3 is 19.7 Å². The molecule has 1 aromatic carbocycles. The number of para-hydroxylation sites is 1. The molecule has 6 heteroatoms. The van der Waals surface area contributed by atoms with Crippen LogP contribution in [0.2, 0.25) is 0 Å². The number of carbonyl (C=O) groups is 2. The Morgan fingerprint density at radius 3 is 2.17 bits per heavy atom. The van der Waals surface area contributed by atoms with Crippen molar-refractivity contribution < 1.29 is 19.1 Å². The lowest BCUT2D eigenvalue weighted by Crippen LogP contribution is -2.44. The molecule has 2 aliphatic heterocycles. The lowest BCUT2D eigenvalue weighted by atomic mass is 10.2. The van der Waals surface area contributed by atoms with Crippen molar-refractivity contribution in [2.45, 2.75) is 32.5 Å². The van der Waals surface area contributed by atoms with Crippen molar-refractivity contribution in [1.82, 2.24) is 4.90 Å². The Morgan fingerprint density at radius 1 is 1.04 bits per heavy atom. The Balaban J connectivity index is 1.99. The third-order valence-corrected chi connectivity index (χ3v) is 3.78. The molecular weight excluding hydrogens is 296 g/mol. The van der Waals surface area contributed by atoms with E-state index >= 15 is 0 Å². The van der Waals surface area contributed by atoms with E-state index in [4.69, 9.17) is 9.47 Å². The number of nitrogens with zero attached hydrogens (tertiary/aromatic N) is 1. The topological polar surface area (TPSA) is 67.9 Å². The second-order valence-corrected chi connectivity index (χ2v) is 6.09. The lowest BCUT2D eigenvalue weighted by molar-refractivity contribution is -0.222. The average molecular weight is 316 g/mol. The highest BCUT2D eigenvalue weighted by Crippen LogP contribution is 2.28. The van der Waals surface area contributed by atoms with Crippen LogP contribution < -0.4 is 5.32 Å². The van der Waals surface area contributed by atoms with Crippen LogP contribution in [0.4, 0.5) is 5.69 Å². The van der Waals surface area contributed by atoms with Crippen LogP contribution >= 0.6 is 0 Å². The van der Waals surface area contributed by atoms with Crippen LogP contribution in [0.5, 0.6) is 0 Å². The van der Waals surface area contributed by atoms with E-state index in [1.807, 2.05) is 35.2 Å². The molecule has 2 saturated heterocycles. The van der Waals surface area contributed by atoms with Gasteiger partial charge in [0.15, 0.2) is 5.57 Å². The summed E-state index contributed by atoms with van der Waals surface area (Å²) in [7, 11) is 0. The van der Waals surface area contributed by atoms with Crippen LogP contribution in [0, 0.1) is 0 Å². The van der Waals surface area contributed by atoms with Crippen molar-refractivity contribution in [2.24, 2.45) is 0 Å². The smallest absolute Gasteiger partial charge is 0.352 e. The highest BCUT2D eigenvalue weighted by atomic mass is 16.7. The minimum absolute atomic E-state index is 0.0740. The summed E-state index contributed by atoms with van der Waals surface area (Å²) in [6.07, 6.45) is 2.03. The summed E-state index contributed by atoms with van der Waals surface area (Å²) in [5, 5.41) is 3.18. The molecule has 0 radical (unpaired) electrons. The number of anilines is 1. The first-order chi connectivity index (χ1) is 11.0. The van der Waals surface area contributed by atoms with E-state index in [1.54, 1.807) is 13.8 Å². The Morgan fingerprint density at radius 2 is 1.61 bits per heavy atom. The van der Waals surface area contributed by atoms with Gasteiger partial charge in [-0.1, -0.05) is 18.2 Å². The van der Waals surface area contributed by atoms with Crippen molar-refractivity contribution in [2.75, 3.05) is 18.4 Å². The third kappa shape index (κ3) is 3.31. The predicted octanol–water partition coefficient (Wildman–Crippen LogP) is 2.24. The first-order valence-electron chi connectivity index (χ1n) is 7.74. The van der Waals surface area contributed by atoms with Gasteiger partial charge >= 0.3 is 11.9 Å². The van der Waals surface area contributed by atoms with Crippen LogP contribution in [0.15, 0.2) is 41.7 Å². The molecule has 6 nitrogen and oxygen atoms in total. The molecule has 0 atom stereocenters. The Labute approximate surface area is 135 Å². The normalized spacial score (nSPS) is 20.1. The highest BCUT2D eigenvalue weighted by molar-refractivity contribution is 6.16. The number of hydrogen-bond acceptors (Lipinski definition) is 6. The fourth-order valence-electron chi connectivity index (χ4n) is 2.74. The van der Waals surface area contributed by atoms with Gasteiger partial charge in [-0.2, -0.15) is 0 Å². The highest BCUT2D eigenvalue weighted by Gasteiger charge is 2.42. The van der Waals surface area contributed by atoms with Gasteiger partial charge in [-0.25, -0.2) is 9.59 Å². The molecule has 1 aromatic rings. The van der Waals surface area contributed by atoms with Crippen molar-refractivity contribution in [3.63, 3.8) is 0 Å². The second-order valence-electron chi connectivity index (χ2n) is 6.09. The van der Waals surface area contributed by atoms with Crippen molar-refractivity contribution in [1.29, 1.82) is 0 Å². The number of cyclic esters (lactones) is 2. The number of esters is 2. The summed E-state index contributed by atoms with van der Waals surface area (Å²) < 4.78 is 10.5. The number of likely N-dealkylation sites (tertiary alicyclic amines) is 1. The largest absolute Gasteiger partial charge is 0.419 e. The molecule has 0 bridgehead atoms. The maximum Gasteiger partial charge on any atom is 0.352 e. The van der Waals surface area contributed by atoms with Gasteiger partial charge in [-0.05, 0) is 25.0 Å². The second kappa shape index (κ2) is 5.95. The fourth-order valence-corrected chi connectivity index (χ4v) is 2.74. The van der Waals surface area contributed by atoms with Gasteiger partial charge in [-0.15, -0.1) is 0 Å². The first-order valence-corrected chi connectivity index (χ1v) is 7.74. The first kappa shape index (κ1) is 15.4. The molecule has 122 valence electrons. The summed E-state index contributed by atoms with van der Waals surface area (Å²) in [5.74, 6) is -2.09. The molecule has 0 aliphatic carbocycles. The lowest BCUT2D eigenvalue weighted by Gasteiger charge is -2.32. The number of ether oxygens (including phenoxy) is 2. The van der Waals surface area contributed by atoms with Gasteiger partial charge in [-0.3, -0.25) is 0 Å². The van der Waals surface area contributed by atoms with Gasteiger partial charge in [0.05, 0.1) is 0 Å². The molecule has 23 heavy (non-hydrogen) atoms. The number of nitrogens with one attached hydrogen (secondary N) is 1. The molecular formula is C17H20N2O4. The molecule has 0 aromatic heterocycles. The molecule has 1 N–H and O–H groups in total. The molecule has 0 unspecified atom stereocenters. The predicted molar refractivity (Wildman–Crippen MR) is 84.2 cm³/mol. The van der Waals surface area contributed by atoms with E-state index in [1.165, 1.54) is 0 Å². The monoisotopic (exact) mass is 316 g/mol. The van der Waals surface area contributed by atoms with Crippen LogP contribution in [0.25, 0.3) is 0 Å². The van der Waals surface area contributed by atoms with Gasteiger partial charge in [0.2, 0.25) is 0 Å². The zero-order valence-electron chi connectivity index (χ0n) is 13.3. The van der Waals surface area contributed by atoms with Crippen LogP contribution in [0.3, 0.4) is 0 Å². The maximum absolute atomic E-state index is 12.4. The van der Waals surface area contributed by atoms with E-state index in [2.05, 4.69) is 5.32 Å². The zero-order chi connectivity index (χ0) is 16.4. The molecule has 2 heterocycles. The molecule has 0 amide bonds. The van der Waals surface area contributed by atoms with E-state index in [-0.39, 0.29) is 5.57 Å². The van der Waals surface area contributed by atoms with E-state index < -0.39 is 17.7 Å². The van der Waals surface area contributed by atoms with E-state index in [0.717, 1.165) is 31.6 Å². The van der Waals surface area contributed by atoms with Gasteiger partial charge in [0.25, 0.3) is 5.79 Å². The summed E-state index contributed by atoms with van der Waals surface area (Å²) in [4.78, 5) is 26.7. The Bertz CT molecular complexity index is 624. The van der Waals surface area contributed by atoms with Gasteiger partial charge in [0, 0.05) is 32.6 Å². The summed E-state index contributed by atoms with van der Waals surface area (Å²) >= 11 is 0. The van der Waals surface area contributed by atoms with Crippen LogP contribution in [0.1, 0.15) is 26.7 Å². The molecule has 3 rings (SSSR count). The van der Waals surface area contributed by atoms with Gasteiger partial charge in [0.1, 0.15) is 5.82 Å². The quantitative estimate of drug-likeness (QED) is 0.524. The average Bonchev–Trinajstić information content (AvgIpc) is 2.99. The van der Waals surface area contributed by atoms with E-state index in [0.29, 0.717) is 5.82 Å². The summed E-state index contributed by atoms with van der Waals surface area (Å²) in [6, 6.07) is 9.42. The molecule has 2 fully saturated rings. The number of benzene rings is 1. The number of rotatable bonds is 3.